The van der Waals surface area contributed by atoms with Crippen LogP contribution in [0.1, 0.15) is 49.1 Å². The van der Waals surface area contributed by atoms with Gasteiger partial charge in [0.05, 0.1) is 12.6 Å². The highest BCUT2D eigenvalue weighted by Crippen LogP contribution is 2.35. The van der Waals surface area contributed by atoms with Crippen molar-refractivity contribution in [1.82, 2.24) is 9.80 Å². The summed E-state index contributed by atoms with van der Waals surface area (Å²) in [7, 11) is 0. The third kappa shape index (κ3) is 3.81. The molecule has 1 saturated heterocycles. The van der Waals surface area contributed by atoms with Crippen molar-refractivity contribution in [3.63, 3.8) is 0 Å². The molecule has 2 amide bonds. The molecule has 3 rings (SSSR count). The van der Waals surface area contributed by atoms with E-state index in [2.05, 4.69) is 28.2 Å². The Morgan fingerprint density at radius 2 is 2.04 bits per heavy atom. The predicted octanol–water partition coefficient (Wildman–Crippen LogP) is 2.17. The van der Waals surface area contributed by atoms with Crippen molar-refractivity contribution in [2.45, 2.75) is 45.1 Å². The highest BCUT2D eigenvalue weighted by molar-refractivity contribution is 7.10. The zero-order valence-electron chi connectivity index (χ0n) is 14.4. The third-order valence-corrected chi connectivity index (χ3v) is 6.35. The lowest BCUT2D eigenvalue weighted by molar-refractivity contribution is -0.136. The standard InChI is InChI=1S/C18H27N3O2S/c1-2-15-14-6-10-24-16(14)5-9-21(15)18(23)12-20-7-3-13(4-8-20)11-17(19)22/h6,10,13,15H,2-5,7-9,11-12H2,1H3,(H2,19,22)/t15-/m0/s1. The molecule has 0 spiro atoms. The average Bonchev–Trinajstić information content (AvgIpc) is 3.03. The molecule has 1 aromatic heterocycles. The first-order valence-corrected chi connectivity index (χ1v) is 9.82. The Balaban J connectivity index is 1.55. The van der Waals surface area contributed by atoms with Gasteiger partial charge in [0, 0.05) is 17.8 Å². The van der Waals surface area contributed by atoms with Crippen LogP contribution in [-0.4, -0.2) is 47.8 Å². The topological polar surface area (TPSA) is 66.6 Å². The molecule has 0 unspecified atom stereocenters. The number of fused-ring (bicyclic) bond motifs is 1. The Hall–Kier alpha value is -1.40. The molecule has 132 valence electrons. The fraction of sp³-hybridized carbons (Fsp3) is 0.667. The second-order valence-corrected chi connectivity index (χ2v) is 7.95. The molecule has 2 N–H and O–H groups in total. The molecule has 24 heavy (non-hydrogen) atoms. The van der Waals surface area contributed by atoms with Gasteiger partial charge in [0.1, 0.15) is 0 Å². The highest BCUT2D eigenvalue weighted by Gasteiger charge is 2.31. The number of piperidine rings is 1. The molecular formula is C18H27N3O2S. The van der Waals surface area contributed by atoms with Gasteiger partial charge in [-0.15, -0.1) is 11.3 Å². The molecule has 2 aliphatic heterocycles. The molecule has 0 bridgehead atoms. The van der Waals surface area contributed by atoms with E-state index in [0.717, 1.165) is 45.3 Å². The first kappa shape index (κ1) is 17.4. The van der Waals surface area contributed by atoms with Crippen molar-refractivity contribution >= 4 is 23.2 Å². The minimum absolute atomic E-state index is 0.213. The largest absolute Gasteiger partial charge is 0.370 e. The second kappa shape index (κ2) is 7.66. The Bertz CT molecular complexity index is 593. The SMILES string of the molecule is CC[C@H]1c2ccsc2CCN1C(=O)CN1CCC(CC(N)=O)CC1. The van der Waals surface area contributed by atoms with Gasteiger partial charge in [0.25, 0.3) is 0 Å². The lowest BCUT2D eigenvalue weighted by atomic mass is 9.93. The number of amides is 2. The smallest absolute Gasteiger partial charge is 0.237 e. The molecule has 5 nitrogen and oxygen atoms in total. The number of likely N-dealkylation sites (tertiary alicyclic amines) is 1. The molecule has 1 atom stereocenters. The Labute approximate surface area is 147 Å². The molecule has 0 radical (unpaired) electrons. The van der Waals surface area contributed by atoms with E-state index in [1.54, 1.807) is 0 Å². The van der Waals surface area contributed by atoms with Gasteiger partial charge in [-0.05, 0) is 61.7 Å². The average molecular weight is 350 g/mol. The van der Waals surface area contributed by atoms with Crippen LogP contribution in [0.4, 0.5) is 0 Å². The van der Waals surface area contributed by atoms with Crippen LogP contribution in [0.3, 0.4) is 0 Å². The van der Waals surface area contributed by atoms with Gasteiger partial charge in [-0.2, -0.15) is 0 Å². The number of carbonyl (C=O) groups is 2. The van der Waals surface area contributed by atoms with Crippen molar-refractivity contribution in [3.8, 4) is 0 Å². The molecule has 3 heterocycles. The van der Waals surface area contributed by atoms with E-state index < -0.39 is 0 Å². The molecule has 1 aromatic rings. The highest BCUT2D eigenvalue weighted by atomic mass is 32.1. The summed E-state index contributed by atoms with van der Waals surface area (Å²) in [5.41, 5.74) is 6.63. The van der Waals surface area contributed by atoms with E-state index in [1.165, 1.54) is 10.4 Å². The molecule has 6 heteroatoms. The van der Waals surface area contributed by atoms with Gasteiger partial charge in [0.15, 0.2) is 0 Å². The van der Waals surface area contributed by atoms with Gasteiger partial charge in [-0.1, -0.05) is 6.92 Å². The summed E-state index contributed by atoms with van der Waals surface area (Å²) >= 11 is 1.81. The van der Waals surface area contributed by atoms with Crippen molar-refractivity contribution < 1.29 is 9.59 Å². The van der Waals surface area contributed by atoms with E-state index >= 15 is 0 Å². The van der Waals surface area contributed by atoms with Crippen LogP contribution in [0, 0.1) is 5.92 Å². The van der Waals surface area contributed by atoms with Crippen molar-refractivity contribution in [2.24, 2.45) is 11.7 Å². The molecular weight excluding hydrogens is 322 g/mol. The van der Waals surface area contributed by atoms with Crippen LogP contribution in [0.25, 0.3) is 0 Å². The number of rotatable bonds is 5. The zero-order chi connectivity index (χ0) is 17.1. The van der Waals surface area contributed by atoms with E-state index in [-0.39, 0.29) is 17.9 Å². The van der Waals surface area contributed by atoms with E-state index in [1.807, 2.05) is 11.3 Å². The number of carbonyl (C=O) groups excluding carboxylic acids is 2. The predicted molar refractivity (Wildman–Crippen MR) is 95.7 cm³/mol. The number of primary amides is 1. The van der Waals surface area contributed by atoms with E-state index in [4.69, 9.17) is 5.73 Å². The number of hydrogen-bond acceptors (Lipinski definition) is 4. The fourth-order valence-electron chi connectivity index (χ4n) is 4.05. The number of nitrogens with zero attached hydrogens (tertiary/aromatic N) is 2. The maximum atomic E-state index is 12.8. The van der Waals surface area contributed by atoms with Crippen molar-refractivity contribution in [3.05, 3.63) is 21.9 Å². The third-order valence-electron chi connectivity index (χ3n) is 5.36. The molecule has 1 fully saturated rings. The van der Waals surface area contributed by atoms with E-state index in [9.17, 15) is 9.59 Å². The van der Waals surface area contributed by atoms with Crippen LogP contribution in [0.5, 0.6) is 0 Å². The first-order valence-electron chi connectivity index (χ1n) is 8.94. The summed E-state index contributed by atoms with van der Waals surface area (Å²) in [6.45, 7) is 5.27. The lowest BCUT2D eigenvalue weighted by Crippen LogP contribution is -2.46. The van der Waals surface area contributed by atoms with Crippen LogP contribution in [0.15, 0.2) is 11.4 Å². The van der Waals surface area contributed by atoms with Gasteiger partial charge in [-0.3, -0.25) is 14.5 Å². The fourth-order valence-corrected chi connectivity index (χ4v) is 4.98. The monoisotopic (exact) mass is 349 g/mol. The number of thiophene rings is 1. The number of nitrogens with two attached hydrogens (primary N) is 1. The molecule has 0 saturated carbocycles. The van der Waals surface area contributed by atoms with Crippen molar-refractivity contribution in [1.29, 1.82) is 0 Å². The van der Waals surface area contributed by atoms with Gasteiger partial charge in [-0.25, -0.2) is 0 Å². The molecule has 2 aliphatic rings. The maximum absolute atomic E-state index is 12.8. The Morgan fingerprint density at radius 1 is 1.29 bits per heavy atom. The molecule has 0 aliphatic carbocycles. The van der Waals surface area contributed by atoms with Crippen LogP contribution in [-0.2, 0) is 16.0 Å². The second-order valence-electron chi connectivity index (χ2n) is 6.95. The van der Waals surface area contributed by atoms with Crippen LogP contribution >= 0.6 is 11.3 Å². The minimum atomic E-state index is -0.213. The number of hydrogen-bond donors (Lipinski definition) is 1. The lowest BCUT2D eigenvalue weighted by Gasteiger charge is -2.38. The van der Waals surface area contributed by atoms with Crippen LogP contribution in [0.2, 0.25) is 0 Å². The first-order chi connectivity index (χ1) is 11.6. The minimum Gasteiger partial charge on any atom is -0.370 e. The van der Waals surface area contributed by atoms with Crippen LogP contribution < -0.4 is 5.73 Å². The van der Waals surface area contributed by atoms with Gasteiger partial charge < -0.3 is 10.6 Å². The summed E-state index contributed by atoms with van der Waals surface area (Å²) in [6.07, 6.45) is 4.35. The van der Waals surface area contributed by atoms with E-state index in [0.29, 0.717) is 18.9 Å². The van der Waals surface area contributed by atoms with Gasteiger partial charge in [0.2, 0.25) is 11.8 Å². The Kier molecular flexibility index (Phi) is 5.56. The summed E-state index contributed by atoms with van der Waals surface area (Å²) in [6, 6.07) is 2.42. The van der Waals surface area contributed by atoms with Gasteiger partial charge >= 0.3 is 0 Å². The zero-order valence-corrected chi connectivity index (χ0v) is 15.2. The maximum Gasteiger partial charge on any atom is 0.237 e. The molecule has 0 aromatic carbocycles. The Morgan fingerprint density at radius 3 is 2.71 bits per heavy atom. The summed E-state index contributed by atoms with van der Waals surface area (Å²) < 4.78 is 0. The summed E-state index contributed by atoms with van der Waals surface area (Å²) in [5.74, 6) is 0.419. The summed E-state index contributed by atoms with van der Waals surface area (Å²) in [4.78, 5) is 29.6. The summed E-state index contributed by atoms with van der Waals surface area (Å²) in [5, 5.41) is 2.14. The van der Waals surface area contributed by atoms with Crippen molar-refractivity contribution in [2.75, 3.05) is 26.2 Å². The quantitative estimate of drug-likeness (QED) is 0.886. The normalized spacial score (nSPS) is 22.4.